The molecule has 0 bridgehead atoms. The van der Waals surface area contributed by atoms with Crippen LogP contribution in [0.1, 0.15) is 37.2 Å². The van der Waals surface area contributed by atoms with Gasteiger partial charge in [0.1, 0.15) is 12.4 Å². The first kappa shape index (κ1) is 19.7. The molecule has 0 radical (unpaired) electrons. The van der Waals surface area contributed by atoms with E-state index >= 15 is 0 Å². The predicted octanol–water partition coefficient (Wildman–Crippen LogP) is 3.58. The first-order chi connectivity index (χ1) is 14.9. The molecule has 2 atom stereocenters. The zero-order chi connectivity index (χ0) is 21.7. The number of nitrogens with one attached hydrogen (secondary N) is 2. The van der Waals surface area contributed by atoms with Gasteiger partial charge in [-0.25, -0.2) is 9.69 Å². The molecule has 3 aromatic rings. The van der Waals surface area contributed by atoms with Gasteiger partial charge in [-0.2, -0.15) is 15.0 Å². The maximum Gasteiger partial charge on any atom is 0.417 e. The number of amides is 1. The molecular weight excluding hydrogens is 420 g/mol. The summed E-state index contributed by atoms with van der Waals surface area (Å²) in [4.78, 5) is 42.5. The number of halogens is 1. The molecule has 1 saturated heterocycles. The third kappa shape index (κ3) is 3.81. The van der Waals surface area contributed by atoms with Crippen LogP contribution in [-0.4, -0.2) is 38.7 Å². The van der Waals surface area contributed by atoms with Crippen LogP contribution in [0.3, 0.4) is 0 Å². The molecule has 10 heteroatoms. The van der Waals surface area contributed by atoms with Crippen LogP contribution in [-0.2, 0) is 4.74 Å². The number of aromatic amines is 1. The van der Waals surface area contributed by atoms with Gasteiger partial charge in [-0.05, 0) is 56.9 Å². The fraction of sp³-hybridized carbons (Fsp3) is 0.381. The number of pyridine rings is 1. The number of hydrogen-bond acceptors (Lipinski definition) is 7. The van der Waals surface area contributed by atoms with Crippen molar-refractivity contribution in [2.75, 3.05) is 16.8 Å². The minimum Gasteiger partial charge on any atom is -0.447 e. The second-order valence-electron chi connectivity index (χ2n) is 8.01. The number of aromatic nitrogens is 4. The van der Waals surface area contributed by atoms with Crippen LogP contribution in [0.5, 0.6) is 0 Å². The van der Waals surface area contributed by atoms with Gasteiger partial charge >= 0.3 is 6.09 Å². The number of rotatable bonds is 5. The Morgan fingerprint density at radius 3 is 2.81 bits per heavy atom. The highest BCUT2D eigenvalue weighted by Gasteiger charge is 2.45. The molecule has 1 amide bonds. The first-order valence-corrected chi connectivity index (χ1v) is 10.5. The van der Waals surface area contributed by atoms with Gasteiger partial charge < -0.3 is 15.0 Å². The Morgan fingerprint density at radius 2 is 2.03 bits per heavy atom. The third-order valence-electron chi connectivity index (χ3n) is 5.67. The van der Waals surface area contributed by atoms with Crippen molar-refractivity contribution >= 4 is 40.5 Å². The molecule has 160 valence electrons. The summed E-state index contributed by atoms with van der Waals surface area (Å²) in [7, 11) is 0. The number of fused-ring (bicyclic) bond motifs is 1. The van der Waals surface area contributed by atoms with Crippen LogP contribution in [0.25, 0.3) is 10.9 Å². The number of H-pyrrole nitrogens is 1. The van der Waals surface area contributed by atoms with E-state index in [9.17, 15) is 9.59 Å². The highest BCUT2D eigenvalue weighted by molar-refractivity contribution is 6.31. The van der Waals surface area contributed by atoms with Gasteiger partial charge in [0, 0.05) is 21.5 Å². The lowest BCUT2D eigenvalue weighted by molar-refractivity contribution is 0.178. The molecule has 0 spiro atoms. The standard InChI is InChI=1S/C21H21ClN6O3/c1-10(15-8-13-7-14(22)5-6-16(13)26-18(15)29)23-19-24-11(2)25-20(27-19)28-17(12-3-4-12)9-31-21(28)30/h5-8,10,12,17H,3-4,9H2,1-2H3,(H,26,29)(H,23,24,25,27)/t10-,17?/m0/s1. The minimum atomic E-state index is -0.440. The molecule has 3 heterocycles. The molecule has 2 N–H and O–H groups in total. The zero-order valence-electron chi connectivity index (χ0n) is 17.1. The van der Waals surface area contributed by atoms with E-state index < -0.39 is 12.1 Å². The highest BCUT2D eigenvalue weighted by Crippen LogP contribution is 2.39. The van der Waals surface area contributed by atoms with E-state index in [0.29, 0.717) is 34.5 Å². The van der Waals surface area contributed by atoms with Crippen molar-refractivity contribution in [1.82, 2.24) is 19.9 Å². The van der Waals surface area contributed by atoms with Crippen molar-refractivity contribution in [1.29, 1.82) is 0 Å². The van der Waals surface area contributed by atoms with E-state index in [1.807, 2.05) is 6.92 Å². The van der Waals surface area contributed by atoms with E-state index in [0.717, 1.165) is 18.2 Å². The average Bonchev–Trinajstić information content (AvgIpc) is 3.49. The van der Waals surface area contributed by atoms with Gasteiger partial charge in [0.25, 0.3) is 5.56 Å². The number of aryl methyl sites for hydroxylation is 1. The number of benzene rings is 1. The normalized spacial score (nSPS) is 19.5. The minimum absolute atomic E-state index is 0.0485. The number of carbonyl (C=O) groups is 1. The molecule has 1 saturated carbocycles. The van der Waals surface area contributed by atoms with Crippen molar-refractivity contribution in [3.05, 3.63) is 51.0 Å². The lowest BCUT2D eigenvalue weighted by Crippen LogP contribution is -2.36. The van der Waals surface area contributed by atoms with Crippen molar-refractivity contribution in [2.24, 2.45) is 5.92 Å². The van der Waals surface area contributed by atoms with E-state index in [-0.39, 0.29) is 23.5 Å². The third-order valence-corrected chi connectivity index (χ3v) is 5.91. The molecule has 1 aromatic carbocycles. The molecule has 31 heavy (non-hydrogen) atoms. The van der Waals surface area contributed by atoms with Crippen molar-refractivity contribution in [2.45, 2.75) is 38.8 Å². The molecule has 5 rings (SSSR count). The fourth-order valence-electron chi connectivity index (χ4n) is 3.92. The molecule has 9 nitrogen and oxygen atoms in total. The van der Waals surface area contributed by atoms with E-state index in [2.05, 4.69) is 25.3 Å². The number of nitrogens with zero attached hydrogens (tertiary/aromatic N) is 4. The lowest BCUT2D eigenvalue weighted by atomic mass is 10.1. The second-order valence-corrected chi connectivity index (χ2v) is 8.45. The average molecular weight is 441 g/mol. The van der Waals surface area contributed by atoms with Crippen LogP contribution >= 0.6 is 11.6 Å². The number of carbonyl (C=O) groups excluding carboxylic acids is 1. The van der Waals surface area contributed by atoms with Crippen LogP contribution in [0.4, 0.5) is 16.7 Å². The van der Waals surface area contributed by atoms with Gasteiger partial charge in [-0.15, -0.1) is 0 Å². The number of anilines is 2. The summed E-state index contributed by atoms with van der Waals surface area (Å²) in [5.41, 5.74) is 1.02. The molecule has 1 unspecified atom stereocenters. The van der Waals surface area contributed by atoms with Crippen LogP contribution in [0, 0.1) is 12.8 Å². The molecule has 2 fully saturated rings. The lowest BCUT2D eigenvalue weighted by Gasteiger charge is -2.20. The monoisotopic (exact) mass is 440 g/mol. The SMILES string of the molecule is Cc1nc(N[C@@H](C)c2cc3cc(Cl)ccc3[nH]c2=O)nc(N2C(=O)OCC2C2CC2)n1. The van der Waals surface area contributed by atoms with Crippen LogP contribution < -0.4 is 15.8 Å². The number of hydrogen-bond donors (Lipinski definition) is 2. The van der Waals surface area contributed by atoms with E-state index in [4.69, 9.17) is 16.3 Å². The summed E-state index contributed by atoms with van der Waals surface area (Å²) in [6.07, 6.45) is 1.70. The van der Waals surface area contributed by atoms with E-state index in [1.165, 1.54) is 4.90 Å². The second kappa shape index (κ2) is 7.49. The largest absolute Gasteiger partial charge is 0.447 e. The zero-order valence-corrected chi connectivity index (χ0v) is 17.8. The summed E-state index contributed by atoms with van der Waals surface area (Å²) in [5.74, 6) is 1.44. The highest BCUT2D eigenvalue weighted by atomic mass is 35.5. The molecule has 1 aliphatic carbocycles. The number of cyclic esters (lactones) is 1. The smallest absolute Gasteiger partial charge is 0.417 e. The summed E-state index contributed by atoms with van der Waals surface area (Å²) in [6, 6.07) is 6.65. The van der Waals surface area contributed by atoms with E-state index in [1.54, 1.807) is 31.2 Å². The summed E-state index contributed by atoms with van der Waals surface area (Å²) in [6.45, 7) is 3.93. The maximum absolute atomic E-state index is 12.6. The summed E-state index contributed by atoms with van der Waals surface area (Å²) >= 11 is 6.09. The predicted molar refractivity (Wildman–Crippen MR) is 117 cm³/mol. The summed E-state index contributed by atoms with van der Waals surface area (Å²) < 4.78 is 5.24. The van der Waals surface area contributed by atoms with Crippen LogP contribution in [0.2, 0.25) is 5.02 Å². The van der Waals surface area contributed by atoms with Crippen LogP contribution in [0.15, 0.2) is 29.1 Å². The van der Waals surface area contributed by atoms with Gasteiger partial charge in [-0.1, -0.05) is 11.6 Å². The van der Waals surface area contributed by atoms with Crippen molar-refractivity contribution < 1.29 is 9.53 Å². The van der Waals surface area contributed by atoms with Gasteiger partial charge in [0.2, 0.25) is 11.9 Å². The summed E-state index contributed by atoms with van der Waals surface area (Å²) in [5, 5.41) is 4.58. The Kier molecular flexibility index (Phi) is 4.77. The number of ether oxygens (including phenoxy) is 1. The maximum atomic E-state index is 12.6. The Morgan fingerprint density at radius 1 is 1.23 bits per heavy atom. The van der Waals surface area contributed by atoms with Gasteiger partial charge in [-0.3, -0.25) is 4.79 Å². The van der Waals surface area contributed by atoms with Gasteiger partial charge in [0.05, 0.1) is 12.1 Å². The Bertz CT molecular complexity index is 1240. The fourth-order valence-corrected chi connectivity index (χ4v) is 4.10. The van der Waals surface area contributed by atoms with Gasteiger partial charge in [0.15, 0.2) is 0 Å². The van der Waals surface area contributed by atoms with Crippen molar-refractivity contribution in [3.63, 3.8) is 0 Å². The molecule has 2 aromatic heterocycles. The Balaban J connectivity index is 1.45. The topological polar surface area (TPSA) is 113 Å². The molecule has 2 aliphatic rings. The Hall–Kier alpha value is -3.20. The molecule has 1 aliphatic heterocycles. The Labute approximate surface area is 182 Å². The van der Waals surface area contributed by atoms with Crippen molar-refractivity contribution in [3.8, 4) is 0 Å². The quantitative estimate of drug-likeness (QED) is 0.623. The molecular formula is C21H21ClN6O3. The first-order valence-electron chi connectivity index (χ1n) is 10.2.